The molecular formula is C14H21ClN2O. The van der Waals surface area contributed by atoms with Crippen molar-refractivity contribution in [2.75, 3.05) is 6.61 Å². The Morgan fingerprint density at radius 1 is 1.17 bits per heavy atom. The Balaban J connectivity index is 2.45. The molecule has 1 aliphatic rings. The lowest BCUT2D eigenvalue weighted by Crippen LogP contribution is -2.31. The molecule has 0 aliphatic heterocycles. The van der Waals surface area contributed by atoms with Crippen LogP contribution in [0.4, 0.5) is 0 Å². The average molecular weight is 269 g/mol. The van der Waals surface area contributed by atoms with Crippen LogP contribution in [0.15, 0.2) is 0 Å². The van der Waals surface area contributed by atoms with Crippen molar-refractivity contribution >= 4 is 11.6 Å². The second-order valence-corrected chi connectivity index (χ2v) is 5.11. The lowest BCUT2D eigenvalue weighted by atomic mass is 9.95. The maximum absolute atomic E-state index is 6.29. The van der Waals surface area contributed by atoms with Gasteiger partial charge in [-0.15, -0.1) is 0 Å². The number of hydrogen-bond acceptors (Lipinski definition) is 3. The topological polar surface area (TPSA) is 35.0 Å². The minimum absolute atomic E-state index is 0.379. The number of aryl methyl sites for hydroxylation is 1. The SMILES string of the molecule is CCOC(CC)(CC)c1nc(Cl)c2c(n1)CCC2. The number of hydrogen-bond donors (Lipinski definition) is 0. The van der Waals surface area contributed by atoms with Crippen molar-refractivity contribution in [3.63, 3.8) is 0 Å². The largest absolute Gasteiger partial charge is 0.367 e. The summed E-state index contributed by atoms with van der Waals surface area (Å²) in [5.41, 5.74) is 1.88. The number of rotatable bonds is 5. The van der Waals surface area contributed by atoms with E-state index in [0.717, 1.165) is 49.2 Å². The summed E-state index contributed by atoms with van der Waals surface area (Å²) in [5, 5.41) is 0.624. The summed E-state index contributed by atoms with van der Waals surface area (Å²) in [7, 11) is 0. The van der Waals surface area contributed by atoms with Crippen LogP contribution >= 0.6 is 11.6 Å². The Morgan fingerprint density at radius 3 is 2.50 bits per heavy atom. The molecule has 0 radical (unpaired) electrons. The van der Waals surface area contributed by atoms with Crippen molar-refractivity contribution in [1.82, 2.24) is 9.97 Å². The smallest absolute Gasteiger partial charge is 0.162 e. The Bertz CT molecular complexity index is 430. The molecule has 0 atom stereocenters. The van der Waals surface area contributed by atoms with E-state index in [4.69, 9.17) is 21.3 Å². The molecule has 0 aromatic carbocycles. The van der Waals surface area contributed by atoms with Crippen molar-refractivity contribution in [1.29, 1.82) is 0 Å². The molecule has 0 amide bonds. The van der Waals surface area contributed by atoms with Crippen LogP contribution in [0.1, 0.15) is 57.1 Å². The van der Waals surface area contributed by atoms with Gasteiger partial charge in [0.1, 0.15) is 10.8 Å². The molecule has 100 valence electrons. The van der Waals surface area contributed by atoms with Gasteiger partial charge in [-0.3, -0.25) is 0 Å². The molecule has 1 aromatic heterocycles. The minimum atomic E-state index is -0.379. The third-order valence-corrected chi connectivity index (χ3v) is 4.17. The molecule has 0 bridgehead atoms. The number of fused-ring (bicyclic) bond motifs is 1. The molecular weight excluding hydrogens is 248 g/mol. The fraction of sp³-hybridized carbons (Fsp3) is 0.714. The van der Waals surface area contributed by atoms with E-state index in [2.05, 4.69) is 18.8 Å². The van der Waals surface area contributed by atoms with Crippen molar-refractivity contribution in [3.05, 3.63) is 22.2 Å². The predicted molar refractivity (Wildman–Crippen MR) is 73.0 cm³/mol. The second kappa shape index (κ2) is 5.54. The Labute approximate surface area is 114 Å². The van der Waals surface area contributed by atoms with E-state index in [1.165, 1.54) is 0 Å². The Hall–Kier alpha value is -0.670. The zero-order chi connectivity index (χ0) is 13.2. The van der Waals surface area contributed by atoms with Crippen LogP contribution in [0, 0.1) is 0 Å². The van der Waals surface area contributed by atoms with Crippen LogP contribution in [0.3, 0.4) is 0 Å². The Morgan fingerprint density at radius 2 is 1.89 bits per heavy atom. The highest BCUT2D eigenvalue weighted by molar-refractivity contribution is 6.30. The maximum Gasteiger partial charge on any atom is 0.162 e. The van der Waals surface area contributed by atoms with Gasteiger partial charge in [-0.25, -0.2) is 9.97 Å². The van der Waals surface area contributed by atoms with Crippen molar-refractivity contribution in [2.45, 2.75) is 58.5 Å². The van der Waals surface area contributed by atoms with Gasteiger partial charge in [-0.1, -0.05) is 25.4 Å². The Kier molecular flexibility index (Phi) is 4.23. The molecule has 4 heteroatoms. The van der Waals surface area contributed by atoms with Gasteiger partial charge in [0, 0.05) is 17.9 Å². The molecule has 0 saturated heterocycles. The summed E-state index contributed by atoms with van der Waals surface area (Å²) in [4.78, 5) is 9.23. The van der Waals surface area contributed by atoms with Gasteiger partial charge in [0.15, 0.2) is 5.82 Å². The molecule has 0 N–H and O–H groups in total. The highest BCUT2D eigenvalue weighted by atomic mass is 35.5. The van der Waals surface area contributed by atoms with E-state index in [1.54, 1.807) is 0 Å². The van der Waals surface area contributed by atoms with Crippen LogP contribution < -0.4 is 0 Å². The summed E-state index contributed by atoms with van der Waals surface area (Å²) in [6.07, 6.45) is 4.89. The van der Waals surface area contributed by atoms with Gasteiger partial charge < -0.3 is 4.74 Å². The number of halogens is 1. The molecule has 0 spiro atoms. The van der Waals surface area contributed by atoms with E-state index >= 15 is 0 Å². The van der Waals surface area contributed by atoms with E-state index < -0.39 is 0 Å². The predicted octanol–water partition coefficient (Wildman–Crippen LogP) is 3.67. The monoisotopic (exact) mass is 268 g/mol. The minimum Gasteiger partial charge on any atom is -0.367 e. The van der Waals surface area contributed by atoms with E-state index in [9.17, 15) is 0 Å². The first-order valence-electron chi connectivity index (χ1n) is 6.86. The third kappa shape index (κ3) is 2.26. The molecule has 18 heavy (non-hydrogen) atoms. The lowest BCUT2D eigenvalue weighted by molar-refractivity contribution is -0.0572. The van der Waals surface area contributed by atoms with Crippen LogP contribution in [0.2, 0.25) is 5.15 Å². The standard InChI is InChI=1S/C14H21ClN2O/c1-4-14(5-2,18-6-3)13-16-11-9-7-8-10(11)12(15)17-13/h4-9H2,1-3H3. The van der Waals surface area contributed by atoms with E-state index in [0.29, 0.717) is 11.8 Å². The van der Waals surface area contributed by atoms with Crippen LogP contribution in [0.25, 0.3) is 0 Å². The molecule has 0 unspecified atom stereocenters. The van der Waals surface area contributed by atoms with Crippen LogP contribution in [0.5, 0.6) is 0 Å². The molecule has 1 aromatic rings. The van der Waals surface area contributed by atoms with E-state index in [-0.39, 0.29) is 5.60 Å². The van der Waals surface area contributed by atoms with Crippen molar-refractivity contribution in [3.8, 4) is 0 Å². The quantitative estimate of drug-likeness (QED) is 0.765. The van der Waals surface area contributed by atoms with Crippen molar-refractivity contribution < 1.29 is 4.74 Å². The third-order valence-electron chi connectivity index (χ3n) is 3.85. The van der Waals surface area contributed by atoms with Gasteiger partial charge in [0.2, 0.25) is 0 Å². The first-order valence-corrected chi connectivity index (χ1v) is 7.24. The van der Waals surface area contributed by atoms with Crippen LogP contribution in [-0.2, 0) is 23.2 Å². The molecule has 1 heterocycles. The average Bonchev–Trinajstić information content (AvgIpc) is 2.85. The summed E-state index contributed by atoms with van der Waals surface area (Å²) < 4.78 is 5.95. The van der Waals surface area contributed by atoms with Gasteiger partial charge in [-0.2, -0.15) is 0 Å². The summed E-state index contributed by atoms with van der Waals surface area (Å²) in [6.45, 7) is 6.90. The lowest BCUT2D eigenvalue weighted by Gasteiger charge is -2.30. The zero-order valence-electron chi connectivity index (χ0n) is 11.4. The van der Waals surface area contributed by atoms with Crippen molar-refractivity contribution in [2.24, 2.45) is 0 Å². The second-order valence-electron chi connectivity index (χ2n) is 4.75. The summed E-state index contributed by atoms with van der Waals surface area (Å²) >= 11 is 6.29. The van der Waals surface area contributed by atoms with Gasteiger partial charge in [0.25, 0.3) is 0 Å². The fourth-order valence-electron chi connectivity index (χ4n) is 2.70. The maximum atomic E-state index is 6.29. The highest BCUT2D eigenvalue weighted by Crippen LogP contribution is 2.34. The van der Waals surface area contributed by atoms with Gasteiger partial charge >= 0.3 is 0 Å². The number of aromatic nitrogens is 2. The first-order chi connectivity index (χ1) is 8.66. The molecule has 0 fully saturated rings. The highest BCUT2D eigenvalue weighted by Gasteiger charge is 2.34. The molecule has 3 nitrogen and oxygen atoms in total. The van der Waals surface area contributed by atoms with Gasteiger partial charge in [0.05, 0.1) is 0 Å². The van der Waals surface area contributed by atoms with E-state index in [1.807, 2.05) is 6.92 Å². The summed E-state index contributed by atoms with van der Waals surface area (Å²) in [6, 6.07) is 0. The normalized spacial score (nSPS) is 14.9. The number of nitrogens with zero attached hydrogens (tertiary/aromatic N) is 2. The molecule has 2 rings (SSSR count). The first kappa shape index (κ1) is 13.8. The zero-order valence-corrected chi connectivity index (χ0v) is 12.2. The molecule has 0 saturated carbocycles. The van der Waals surface area contributed by atoms with Crippen LogP contribution in [-0.4, -0.2) is 16.6 Å². The summed E-state index contributed by atoms with van der Waals surface area (Å²) in [5.74, 6) is 0.764. The fourth-order valence-corrected chi connectivity index (χ4v) is 2.99. The molecule has 1 aliphatic carbocycles. The van der Waals surface area contributed by atoms with Gasteiger partial charge in [-0.05, 0) is 39.0 Å². The number of ether oxygens (including phenoxy) is 1.